The summed E-state index contributed by atoms with van der Waals surface area (Å²) in [6, 6.07) is 1.21. The van der Waals surface area contributed by atoms with Crippen LogP contribution in [-0.4, -0.2) is 49.0 Å². The van der Waals surface area contributed by atoms with Gasteiger partial charge in [-0.2, -0.15) is 5.10 Å². The van der Waals surface area contributed by atoms with Gasteiger partial charge in [0.1, 0.15) is 12.2 Å². The maximum Gasteiger partial charge on any atom is 0.138 e. The van der Waals surface area contributed by atoms with Gasteiger partial charge in [0, 0.05) is 31.6 Å². The Morgan fingerprint density at radius 1 is 1.50 bits per heavy atom. The van der Waals surface area contributed by atoms with Crippen molar-refractivity contribution in [2.45, 2.75) is 63.8 Å². The number of rotatable bonds is 4. The SMILES string of the molecule is CCn1ncnc1CC1(O)CC(C)N(C2CC2)C1. The molecular formula is C13H22N4O. The fourth-order valence-electron chi connectivity index (χ4n) is 3.23. The van der Waals surface area contributed by atoms with Gasteiger partial charge in [-0.1, -0.05) is 0 Å². The first-order chi connectivity index (χ1) is 8.61. The van der Waals surface area contributed by atoms with E-state index in [-0.39, 0.29) is 0 Å². The van der Waals surface area contributed by atoms with Crippen LogP contribution in [0.4, 0.5) is 0 Å². The minimum atomic E-state index is -0.623. The Morgan fingerprint density at radius 2 is 2.28 bits per heavy atom. The number of likely N-dealkylation sites (tertiary alicyclic amines) is 1. The fourth-order valence-corrected chi connectivity index (χ4v) is 3.23. The van der Waals surface area contributed by atoms with E-state index in [4.69, 9.17) is 0 Å². The van der Waals surface area contributed by atoms with Crippen LogP contribution in [0.5, 0.6) is 0 Å². The summed E-state index contributed by atoms with van der Waals surface area (Å²) in [6.45, 7) is 5.87. The van der Waals surface area contributed by atoms with Gasteiger partial charge in [0.05, 0.1) is 5.60 Å². The Bertz CT molecular complexity index is 428. The van der Waals surface area contributed by atoms with Crippen LogP contribution in [0.1, 0.15) is 38.9 Å². The Kier molecular flexibility index (Phi) is 2.90. The highest BCUT2D eigenvalue weighted by Gasteiger charge is 2.46. The van der Waals surface area contributed by atoms with Gasteiger partial charge in [0.2, 0.25) is 0 Å². The molecule has 100 valence electrons. The average Bonchev–Trinajstić information content (AvgIpc) is 3.00. The number of hydrogen-bond acceptors (Lipinski definition) is 4. The summed E-state index contributed by atoms with van der Waals surface area (Å²) in [7, 11) is 0. The third kappa shape index (κ3) is 2.17. The number of aromatic nitrogens is 3. The van der Waals surface area contributed by atoms with Gasteiger partial charge in [-0.25, -0.2) is 4.98 Å². The molecule has 2 aliphatic rings. The molecule has 0 spiro atoms. The van der Waals surface area contributed by atoms with Crippen LogP contribution in [0.25, 0.3) is 0 Å². The molecule has 1 aromatic rings. The molecule has 3 rings (SSSR count). The number of β-amino-alcohol motifs (C(OH)–C–C–N with tert-alkyl or cyclic N) is 1. The highest BCUT2D eigenvalue weighted by atomic mass is 16.3. The third-order valence-electron chi connectivity index (χ3n) is 4.22. The van der Waals surface area contributed by atoms with Crippen LogP contribution < -0.4 is 0 Å². The second-order valence-corrected chi connectivity index (χ2v) is 5.85. The highest BCUT2D eigenvalue weighted by molar-refractivity contribution is 5.05. The minimum absolute atomic E-state index is 0.487. The zero-order valence-electron chi connectivity index (χ0n) is 11.2. The fraction of sp³-hybridized carbons (Fsp3) is 0.846. The monoisotopic (exact) mass is 250 g/mol. The molecule has 2 fully saturated rings. The lowest BCUT2D eigenvalue weighted by Gasteiger charge is -2.23. The van der Waals surface area contributed by atoms with Crippen molar-refractivity contribution in [3.8, 4) is 0 Å². The topological polar surface area (TPSA) is 54.2 Å². The highest BCUT2D eigenvalue weighted by Crippen LogP contribution is 2.38. The molecular weight excluding hydrogens is 228 g/mol. The molecule has 18 heavy (non-hydrogen) atoms. The summed E-state index contributed by atoms with van der Waals surface area (Å²) in [5.41, 5.74) is -0.623. The van der Waals surface area contributed by atoms with E-state index in [0.29, 0.717) is 12.5 Å². The zero-order valence-corrected chi connectivity index (χ0v) is 11.2. The van der Waals surface area contributed by atoms with E-state index in [1.54, 1.807) is 6.33 Å². The maximum atomic E-state index is 10.8. The average molecular weight is 250 g/mol. The number of nitrogens with zero attached hydrogens (tertiary/aromatic N) is 4. The molecule has 2 heterocycles. The molecule has 5 heteroatoms. The van der Waals surface area contributed by atoms with E-state index in [1.165, 1.54) is 12.8 Å². The van der Waals surface area contributed by atoms with Crippen LogP contribution in [0, 0.1) is 0 Å². The molecule has 1 N–H and O–H groups in total. The van der Waals surface area contributed by atoms with E-state index < -0.39 is 5.60 Å². The molecule has 2 atom stereocenters. The van der Waals surface area contributed by atoms with Crippen molar-refractivity contribution in [3.63, 3.8) is 0 Å². The summed E-state index contributed by atoms with van der Waals surface area (Å²) in [4.78, 5) is 6.74. The predicted octanol–water partition coefficient (Wildman–Crippen LogP) is 0.828. The van der Waals surface area contributed by atoms with Crippen LogP contribution in [-0.2, 0) is 13.0 Å². The number of aliphatic hydroxyl groups is 1. The maximum absolute atomic E-state index is 10.8. The van der Waals surface area contributed by atoms with Gasteiger partial charge in [0.25, 0.3) is 0 Å². The van der Waals surface area contributed by atoms with Gasteiger partial charge in [-0.3, -0.25) is 9.58 Å². The van der Waals surface area contributed by atoms with Crippen molar-refractivity contribution < 1.29 is 5.11 Å². The van der Waals surface area contributed by atoms with Gasteiger partial charge < -0.3 is 5.11 Å². The first-order valence-electron chi connectivity index (χ1n) is 6.96. The Morgan fingerprint density at radius 3 is 2.94 bits per heavy atom. The summed E-state index contributed by atoms with van der Waals surface area (Å²) >= 11 is 0. The van der Waals surface area contributed by atoms with Gasteiger partial charge >= 0.3 is 0 Å². The third-order valence-corrected chi connectivity index (χ3v) is 4.22. The summed E-state index contributed by atoms with van der Waals surface area (Å²) < 4.78 is 1.88. The van der Waals surface area contributed by atoms with Crippen LogP contribution >= 0.6 is 0 Å². The van der Waals surface area contributed by atoms with E-state index in [2.05, 4.69) is 28.8 Å². The summed E-state index contributed by atoms with van der Waals surface area (Å²) in [6.07, 6.45) is 5.64. The van der Waals surface area contributed by atoms with Crippen LogP contribution in [0.2, 0.25) is 0 Å². The van der Waals surface area contributed by atoms with Crippen molar-refractivity contribution in [2.75, 3.05) is 6.54 Å². The molecule has 0 radical (unpaired) electrons. The van der Waals surface area contributed by atoms with E-state index in [0.717, 1.165) is 31.4 Å². The molecule has 1 aliphatic carbocycles. The first-order valence-corrected chi connectivity index (χ1v) is 6.96. The molecule has 1 aliphatic heterocycles. The Labute approximate surface area is 108 Å². The summed E-state index contributed by atoms with van der Waals surface area (Å²) in [5.74, 6) is 0.907. The van der Waals surface area contributed by atoms with Crippen molar-refractivity contribution >= 4 is 0 Å². The minimum Gasteiger partial charge on any atom is -0.388 e. The zero-order chi connectivity index (χ0) is 12.8. The van der Waals surface area contributed by atoms with Gasteiger partial charge in [-0.05, 0) is 33.1 Å². The lowest BCUT2D eigenvalue weighted by molar-refractivity contribution is 0.0457. The molecule has 0 bridgehead atoms. The van der Waals surface area contributed by atoms with Crippen LogP contribution in [0.3, 0.4) is 0 Å². The molecule has 5 nitrogen and oxygen atoms in total. The number of hydrogen-bond donors (Lipinski definition) is 1. The van der Waals surface area contributed by atoms with E-state index in [1.807, 2.05) is 4.68 Å². The van der Waals surface area contributed by atoms with E-state index in [9.17, 15) is 5.11 Å². The summed E-state index contributed by atoms with van der Waals surface area (Å²) in [5, 5.41) is 15.0. The van der Waals surface area contributed by atoms with Crippen molar-refractivity contribution in [3.05, 3.63) is 12.2 Å². The molecule has 2 unspecified atom stereocenters. The second-order valence-electron chi connectivity index (χ2n) is 5.85. The lowest BCUT2D eigenvalue weighted by Crippen LogP contribution is -2.37. The van der Waals surface area contributed by atoms with Gasteiger partial charge in [0.15, 0.2) is 0 Å². The Balaban J connectivity index is 1.72. The first kappa shape index (κ1) is 12.1. The second kappa shape index (κ2) is 4.31. The van der Waals surface area contributed by atoms with E-state index >= 15 is 0 Å². The quantitative estimate of drug-likeness (QED) is 0.860. The smallest absolute Gasteiger partial charge is 0.138 e. The van der Waals surface area contributed by atoms with Crippen LogP contribution in [0.15, 0.2) is 6.33 Å². The normalized spacial score (nSPS) is 33.2. The molecule has 1 saturated carbocycles. The standard InChI is InChI=1S/C13H22N4O/c1-3-17-12(14-9-15-17)7-13(18)6-10(2)16(8-13)11-4-5-11/h9-11,18H,3-8H2,1-2H3. The van der Waals surface area contributed by atoms with Crippen molar-refractivity contribution in [1.29, 1.82) is 0 Å². The molecule has 1 saturated heterocycles. The van der Waals surface area contributed by atoms with Crippen molar-refractivity contribution in [1.82, 2.24) is 19.7 Å². The predicted molar refractivity (Wildman–Crippen MR) is 68.2 cm³/mol. The molecule has 1 aromatic heterocycles. The largest absolute Gasteiger partial charge is 0.388 e. The molecule has 0 aromatic carbocycles. The Hall–Kier alpha value is -0.940. The lowest BCUT2D eigenvalue weighted by atomic mass is 9.96. The van der Waals surface area contributed by atoms with Gasteiger partial charge in [-0.15, -0.1) is 0 Å². The molecule has 0 amide bonds. The number of aryl methyl sites for hydroxylation is 1. The van der Waals surface area contributed by atoms with Crippen molar-refractivity contribution in [2.24, 2.45) is 0 Å².